The number of hydrogen-bond donors (Lipinski definition) is 0. The Morgan fingerprint density at radius 3 is 3.00 bits per heavy atom. The van der Waals surface area contributed by atoms with Crippen LogP contribution in [0.15, 0.2) is 46.6 Å². The standard InChI is InChI=1S/C13H10F2S/c14-10-1-3-12-8(6-10)5-9-7-11(16-15)2-4-13(9)12/h1-2,4,6-7,12H,3,5H2. The second-order valence-corrected chi connectivity index (χ2v) is 4.84. The first-order valence-electron chi connectivity index (χ1n) is 5.25. The molecule has 0 radical (unpaired) electrons. The number of halogens is 2. The highest BCUT2D eigenvalue weighted by Crippen LogP contribution is 2.44. The lowest BCUT2D eigenvalue weighted by Gasteiger charge is -2.14. The second-order valence-electron chi connectivity index (χ2n) is 4.21. The molecule has 2 aliphatic carbocycles. The molecule has 0 aliphatic heterocycles. The van der Waals surface area contributed by atoms with Gasteiger partial charge in [0.15, 0.2) is 0 Å². The van der Waals surface area contributed by atoms with Crippen molar-refractivity contribution in [1.29, 1.82) is 0 Å². The predicted octanol–water partition coefficient (Wildman–Crippen LogP) is 4.49. The molecule has 0 heterocycles. The summed E-state index contributed by atoms with van der Waals surface area (Å²) in [6.07, 6.45) is 4.74. The lowest BCUT2D eigenvalue weighted by Crippen LogP contribution is -1.99. The number of fused-ring (bicyclic) bond motifs is 3. The molecule has 0 saturated carbocycles. The summed E-state index contributed by atoms with van der Waals surface area (Å²) in [6, 6.07) is 5.64. The second kappa shape index (κ2) is 3.74. The molecule has 0 amide bonds. The summed E-state index contributed by atoms with van der Waals surface area (Å²) in [6.45, 7) is 0. The van der Waals surface area contributed by atoms with E-state index in [9.17, 15) is 8.28 Å². The molecule has 1 unspecified atom stereocenters. The van der Waals surface area contributed by atoms with Gasteiger partial charge in [-0.05, 0) is 48.3 Å². The highest BCUT2D eigenvalue weighted by atomic mass is 32.2. The Hall–Kier alpha value is -1.09. The number of benzene rings is 1. The molecule has 0 aromatic heterocycles. The Balaban J connectivity index is 2.03. The average molecular weight is 236 g/mol. The molecule has 1 atom stereocenters. The zero-order valence-electron chi connectivity index (χ0n) is 8.54. The van der Waals surface area contributed by atoms with Gasteiger partial charge in [0, 0.05) is 10.8 Å². The fourth-order valence-corrected chi connectivity index (χ4v) is 2.87. The summed E-state index contributed by atoms with van der Waals surface area (Å²) in [5, 5.41) is 0. The van der Waals surface area contributed by atoms with Crippen molar-refractivity contribution in [2.24, 2.45) is 0 Å². The lowest BCUT2D eigenvalue weighted by atomic mass is 9.91. The van der Waals surface area contributed by atoms with Crippen molar-refractivity contribution in [2.45, 2.75) is 23.7 Å². The fraction of sp³-hybridized carbons (Fsp3) is 0.231. The molecule has 0 bridgehead atoms. The molecular weight excluding hydrogens is 226 g/mol. The van der Waals surface area contributed by atoms with E-state index in [4.69, 9.17) is 0 Å². The van der Waals surface area contributed by atoms with Crippen LogP contribution in [0.3, 0.4) is 0 Å². The molecule has 1 aromatic carbocycles. The maximum atomic E-state index is 13.1. The van der Waals surface area contributed by atoms with Crippen LogP contribution in [0.25, 0.3) is 0 Å². The number of hydrogen-bond acceptors (Lipinski definition) is 1. The van der Waals surface area contributed by atoms with Gasteiger partial charge in [0.2, 0.25) is 0 Å². The van der Waals surface area contributed by atoms with E-state index in [0.717, 1.165) is 24.0 Å². The van der Waals surface area contributed by atoms with Crippen molar-refractivity contribution >= 4 is 12.1 Å². The molecule has 0 nitrogen and oxygen atoms in total. The van der Waals surface area contributed by atoms with Crippen LogP contribution in [0.2, 0.25) is 0 Å². The van der Waals surface area contributed by atoms with Crippen molar-refractivity contribution in [3.8, 4) is 0 Å². The van der Waals surface area contributed by atoms with Crippen molar-refractivity contribution in [1.82, 2.24) is 0 Å². The Morgan fingerprint density at radius 1 is 1.31 bits per heavy atom. The van der Waals surface area contributed by atoms with Crippen molar-refractivity contribution in [3.05, 3.63) is 52.9 Å². The fourth-order valence-electron chi connectivity index (χ4n) is 2.56. The molecule has 1 aromatic rings. The summed E-state index contributed by atoms with van der Waals surface area (Å²) in [5.41, 5.74) is 3.49. The maximum absolute atomic E-state index is 13.1. The molecule has 3 heteroatoms. The van der Waals surface area contributed by atoms with Crippen molar-refractivity contribution in [3.63, 3.8) is 0 Å². The summed E-state index contributed by atoms with van der Waals surface area (Å²) in [5.74, 6) is 0.173. The Bertz CT molecular complexity index is 503. The van der Waals surface area contributed by atoms with E-state index in [-0.39, 0.29) is 18.0 Å². The van der Waals surface area contributed by atoms with Crippen LogP contribution in [0.5, 0.6) is 0 Å². The highest BCUT2D eigenvalue weighted by Gasteiger charge is 2.28. The number of allylic oxidation sites excluding steroid dienone is 4. The molecule has 3 rings (SSSR count). The van der Waals surface area contributed by atoms with Gasteiger partial charge in [0.25, 0.3) is 0 Å². The van der Waals surface area contributed by atoms with Gasteiger partial charge in [-0.2, -0.15) is 3.89 Å². The molecule has 0 saturated heterocycles. The molecule has 0 fully saturated rings. The first-order chi connectivity index (χ1) is 7.78. The third kappa shape index (κ3) is 1.50. The Kier molecular flexibility index (Phi) is 2.36. The maximum Gasteiger partial charge on any atom is 0.119 e. The van der Waals surface area contributed by atoms with E-state index in [0.29, 0.717) is 10.8 Å². The van der Waals surface area contributed by atoms with E-state index in [1.165, 1.54) is 5.56 Å². The van der Waals surface area contributed by atoms with Crippen LogP contribution in [-0.4, -0.2) is 0 Å². The molecule has 82 valence electrons. The molecular formula is C13H10F2S. The van der Waals surface area contributed by atoms with E-state index >= 15 is 0 Å². The van der Waals surface area contributed by atoms with Crippen LogP contribution in [0, 0.1) is 0 Å². The largest absolute Gasteiger partial charge is 0.207 e. The summed E-state index contributed by atoms with van der Waals surface area (Å²) in [7, 11) is 0. The summed E-state index contributed by atoms with van der Waals surface area (Å²) in [4.78, 5) is 0.631. The third-order valence-electron chi connectivity index (χ3n) is 3.29. The van der Waals surface area contributed by atoms with Gasteiger partial charge < -0.3 is 0 Å². The molecule has 2 aliphatic rings. The summed E-state index contributed by atoms with van der Waals surface area (Å²) >= 11 is 0.262. The van der Waals surface area contributed by atoms with Crippen LogP contribution in [0.1, 0.15) is 23.5 Å². The van der Waals surface area contributed by atoms with Crippen molar-refractivity contribution < 1.29 is 8.28 Å². The van der Waals surface area contributed by atoms with Crippen LogP contribution >= 0.6 is 12.1 Å². The molecule has 16 heavy (non-hydrogen) atoms. The average Bonchev–Trinajstić information content (AvgIpc) is 2.64. The first kappa shape index (κ1) is 10.1. The van der Waals surface area contributed by atoms with Gasteiger partial charge in [0.1, 0.15) is 5.83 Å². The normalized spacial score (nSPS) is 22.2. The van der Waals surface area contributed by atoms with Crippen molar-refractivity contribution in [2.75, 3.05) is 0 Å². The lowest BCUT2D eigenvalue weighted by molar-refractivity contribution is 0.636. The van der Waals surface area contributed by atoms with Gasteiger partial charge in [-0.1, -0.05) is 11.6 Å². The van der Waals surface area contributed by atoms with E-state index in [1.54, 1.807) is 18.2 Å². The van der Waals surface area contributed by atoms with E-state index < -0.39 is 0 Å². The van der Waals surface area contributed by atoms with Gasteiger partial charge in [-0.3, -0.25) is 0 Å². The molecule has 0 spiro atoms. The minimum absolute atomic E-state index is 0.140. The Morgan fingerprint density at radius 2 is 2.19 bits per heavy atom. The van der Waals surface area contributed by atoms with E-state index in [2.05, 4.69) is 0 Å². The SMILES string of the molecule is FSc1ccc2c(c1)CC1=CC(F)=CCC12. The van der Waals surface area contributed by atoms with Gasteiger partial charge >= 0.3 is 0 Å². The monoisotopic (exact) mass is 236 g/mol. The highest BCUT2D eigenvalue weighted by molar-refractivity contribution is 7.94. The minimum atomic E-state index is -0.140. The quantitative estimate of drug-likeness (QED) is 0.692. The van der Waals surface area contributed by atoms with Gasteiger partial charge in [-0.15, -0.1) is 0 Å². The number of rotatable bonds is 1. The van der Waals surface area contributed by atoms with Crippen LogP contribution in [-0.2, 0) is 6.42 Å². The van der Waals surface area contributed by atoms with Crippen LogP contribution < -0.4 is 0 Å². The van der Waals surface area contributed by atoms with E-state index in [1.807, 2.05) is 12.1 Å². The summed E-state index contributed by atoms with van der Waals surface area (Å²) < 4.78 is 25.6. The predicted molar refractivity (Wildman–Crippen MR) is 61.7 cm³/mol. The van der Waals surface area contributed by atoms with Gasteiger partial charge in [0.05, 0.1) is 12.1 Å². The van der Waals surface area contributed by atoms with Crippen LogP contribution in [0.4, 0.5) is 8.28 Å². The zero-order valence-corrected chi connectivity index (χ0v) is 9.36. The zero-order chi connectivity index (χ0) is 11.1. The smallest absolute Gasteiger partial charge is 0.119 e. The first-order valence-corrected chi connectivity index (χ1v) is 5.97. The minimum Gasteiger partial charge on any atom is -0.207 e. The van der Waals surface area contributed by atoms with Gasteiger partial charge in [-0.25, -0.2) is 4.39 Å². The Labute approximate surface area is 97.3 Å². The third-order valence-corrected chi connectivity index (χ3v) is 3.73. The topological polar surface area (TPSA) is 0 Å². The molecule has 0 N–H and O–H groups in total.